The lowest BCUT2D eigenvalue weighted by Gasteiger charge is -2.30. The van der Waals surface area contributed by atoms with Crippen LogP contribution in [-0.2, 0) is 11.3 Å². The molecule has 1 aliphatic rings. The van der Waals surface area contributed by atoms with Crippen molar-refractivity contribution in [2.45, 2.75) is 26.3 Å². The Balaban J connectivity index is 1.65. The van der Waals surface area contributed by atoms with E-state index in [4.69, 9.17) is 4.42 Å². The van der Waals surface area contributed by atoms with Crippen molar-refractivity contribution >= 4 is 28.0 Å². The topological polar surface area (TPSA) is 68.3 Å². The molecule has 1 aliphatic heterocycles. The molecule has 3 heterocycles. The molecule has 1 amide bonds. The molecule has 4 rings (SSSR count). The van der Waals surface area contributed by atoms with E-state index in [2.05, 4.69) is 11.9 Å². The van der Waals surface area contributed by atoms with Gasteiger partial charge in [0.1, 0.15) is 17.6 Å². The van der Waals surface area contributed by atoms with Crippen LogP contribution < -0.4 is 5.56 Å². The predicted molar refractivity (Wildman–Crippen MR) is 90.8 cm³/mol. The average molecular weight is 325 g/mol. The molecule has 0 spiro atoms. The SMILES string of the molecule is CC1CCN(C(=O)Cn2cnc3c(oc4ccccc43)c2=O)CC1. The van der Waals surface area contributed by atoms with Crippen LogP contribution in [0.3, 0.4) is 0 Å². The summed E-state index contributed by atoms with van der Waals surface area (Å²) >= 11 is 0. The minimum atomic E-state index is -0.310. The van der Waals surface area contributed by atoms with E-state index in [1.54, 1.807) is 6.07 Å². The first-order chi connectivity index (χ1) is 11.6. The molecule has 0 atom stereocenters. The highest BCUT2D eigenvalue weighted by Crippen LogP contribution is 2.24. The monoisotopic (exact) mass is 325 g/mol. The van der Waals surface area contributed by atoms with E-state index >= 15 is 0 Å². The fourth-order valence-corrected chi connectivity index (χ4v) is 3.23. The predicted octanol–water partition coefficient (Wildman–Crippen LogP) is 2.40. The van der Waals surface area contributed by atoms with E-state index in [1.165, 1.54) is 10.9 Å². The molecule has 24 heavy (non-hydrogen) atoms. The summed E-state index contributed by atoms with van der Waals surface area (Å²) in [5, 5.41) is 0.813. The molecule has 0 bridgehead atoms. The maximum atomic E-state index is 12.6. The summed E-state index contributed by atoms with van der Waals surface area (Å²) < 4.78 is 6.98. The van der Waals surface area contributed by atoms with Crippen LogP contribution in [-0.4, -0.2) is 33.4 Å². The zero-order chi connectivity index (χ0) is 16.7. The zero-order valence-corrected chi connectivity index (χ0v) is 13.6. The van der Waals surface area contributed by atoms with E-state index in [1.807, 2.05) is 23.1 Å². The van der Waals surface area contributed by atoms with Crippen LogP contribution in [0, 0.1) is 5.92 Å². The number of nitrogens with zero attached hydrogens (tertiary/aromatic N) is 3. The Kier molecular flexibility index (Phi) is 3.59. The van der Waals surface area contributed by atoms with Gasteiger partial charge in [0.25, 0.3) is 5.56 Å². The van der Waals surface area contributed by atoms with Crippen LogP contribution in [0.2, 0.25) is 0 Å². The summed E-state index contributed by atoms with van der Waals surface area (Å²) in [6.45, 7) is 3.73. The Morgan fingerprint density at radius 2 is 2.04 bits per heavy atom. The lowest BCUT2D eigenvalue weighted by Crippen LogP contribution is -2.41. The number of likely N-dealkylation sites (tertiary alicyclic amines) is 1. The maximum absolute atomic E-state index is 12.6. The third-order valence-corrected chi connectivity index (χ3v) is 4.79. The van der Waals surface area contributed by atoms with Crippen molar-refractivity contribution in [1.82, 2.24) is 14.5 Å². The van der Waals surface area contributed by atoms with Gasteiger partial charge in [0.15, 0.2) is 0 Å². The summed E-state index contributed by atoms with van der Waals surface area (Å²) in [5.41, 5.74) is 1.07. The second-order valence-corrected chi connectivity index (χ2v) is 6.52. The molecule has 0 N–H and O–H groups in total. The normalized spacial score (nSPS) is 16.1. The Hall–Kier alpha value is -2.63. The average Bonchev–Trinajstić information content (AvgIpc) is 2.97. The standard InChI is InChI=1S/C18H19N3O3/c1-12-6-8-20(9-7-12)15(22)10-21-11-19-16-13-4-2-3-5-14(13)24-17(16)18(21)23/h2-5,11-12H,6-10H2,1H3. The van der Waals surface area contributed by atoms with E-state index in [-0.39, 0.29) is 23.6 Å². The summed E-state index contributed by atoms with van der Waals surface area (Å²) in [5.74, 6) is 0.617. The highest BCUT2D eigenvalue weighted by atomic mass is 16.3. The van der Waals surface area contributed by atoms with Gasteiger partial charge in [-0.3, -0.25) is 14.2 Å². The lowest BCUT2D eigenvalue weighted by atomic mass is 9.99. The molecule has 1 aromatic carbocycles. The Labute approximate surface area is 138 Å². The third kappa shape index (κ3) is 2.48. The molecule has 0 saturated carbocycles. The first-order valence-electron chi connectivity index (χ1n) is 8.28. The third-order valence-electron chi connectivity index (χ3n) is 4.79. The number of para-hydroxylation sites is 1. The molecular formula is C18H19N3O3. The van der Waals surface area contributed by atoms with Crippen LogP contribution in [0.25, 0.3) is 22.1 Å². The number of carbonyl (C=O) groups is 1. The number of amides is 1. The van der Waals surface area contributed by atoms with Gasteiger partial charge >= 0.3 is 0 Å². The Morgan fingerprint density at radius 3 is 2.83 bits per heavy atom. The molecule has 6 nitrogen and oxygen atoms in total. The van der Waals surface area contributed by atoms with Crippen molar-refractivity contribution in [3.63, 3.8) is 0 Å². The van der Waals surface area contributed by atoms with E-state index in [0.29, 0.717) is 17.0 Å². The molecule has 0 unspecified atom stereocenters. The van der Waals surface area contributed by atoms with Crippen LogP contribution in [0.5, 0.6) is 0 Å². The van der Waals surface area contributed by atoms with Crippen LogP contribution >= 0.6 is 0 Å². The van der Waals surface area contributed by atoms with Gasteiger partial charge in [0.05, 0.1) is 6.33 Å². The number of fused-ring (bicyclic) bond motifs is 3. The van der Waals surface area contributed by atoms with Gasteiger partial charge in [0, 0.05) is 18.5 Å². The van der Waals surface area contributed by atoms with E-state index in [0.717, 1.165) is 31.3 Å². The highest BCUT2D eigenvalue weighted by molar-refractivity contribution is 6.01. The smallest absolute Gasteiger partial charge is 0.297 e. The molecule has 6 heteroatoms. The zero-order valence-electron chi connectivity index (χ0n) is 13.6. The van der Waals surface area contributed by atoms with Gasteiger partial charge in [-0.05, 0) is 30.9 Å². The summed E-state index contributed by atoms with van der Waals surface area (Å²) in [6, 6.07) is 7.41. The van der Waals surface area contributed by atoms with Gasteiger partial charge in [-0.1, -0.05) is 19.1 Å². The van der Waals surface area contributed by atoms with Gasteiger partial charge in [-0.25, -0.2) is 4.98 Å². The van der Waals surface area contributed by atoms with Crippen molar-refractivity contribution in [3.05, 3.63) is 40.9 Å². The van der Waals surface area contributed by atoms with Crippen molar-refractivity contribution in [1.29, 1.82) is 0 Å². The second-order valence-electron chi connectivity index (χ2n) is 6.52. The maximum Gasteiger partial charge on any atom is 0.297 e. The molecular weight excluding hydrogens is 306 g/mol. The number of hydrogen-bond donors (Lipinski definition) is 0. The minimum Gasteiger partial charge on any atom is -0.448 e. The van der Waals surface area contributed by atoms with E-state index < -0.39 is 0 Å². The fourth-order valence-electron chi connectivity index (χ4n) is 3.23. The number of piperidine rings is 1. The van der Waals surface area contributed by atoms with Crippen molar-refractivity contribution < 1.29 is 9.21 Å². The number of carbonyl (C=O) groups excluding carboxylic acids is 1. The molecule has 0 aliphatic carbocycles. The number of hydrogen-bond acceptors (Lipinski definition) is 4. The van der Waals surface area contributed by atoms with Crippen molar-refractivity contribution in [2.24, 2.45) is 5.92 Å². The van der Waals surface area contributed by atoms with Crippen LogP contribution in [0.1, 0.15) is 19.8 Å². The Bertz CT molecular complexity index is 964. The molecule has 0 radical (unpaired) electrons. The molecule has 1 saturated heterocycles. The number of furan rings is 1. The quantitative estimate of drug-likeness (QED) is 0.725. The summed E-state index contributed by atoms with van der Waals surface area (Å²) in [4.78, 5) is 31.2. The van der Waals surface area contributed by atoms with Gasteiger partial charge in [-0.15, -0.1) is 0 Å². The van der Waals surface area contributed by atoms with Gasteiger partial charge < -0.3 is 9.32 Å². The largest absolute Gasteiger partial charge is 0.448 e. The lowest BCUT2D eigenvalue weighted by molar-refractivity contribution is -0.133. The first-order valence-corrected chi connectivity index (χ1v) is 8.28. The highest BCUT2D eigenvalue weighted by Gasteiger charge is 2.21. The second kappa shape index (κ2) is 5.78. The van der Waals surface area contributed by atoms with Crippen LogP contribution in [0.15, 0.2) is 39.8 Å². The molecule has 3 aromatic rings. The number of aromatic nitrogens is 2. The Morgan fingerprint density at radius 1 is 1.29 bits per heavy atom. The fraction of sp³-hybridized carbons (Fsp3) is 0.389. The molecule has 2 aromatic heterocycles. The molecule has 1 fully saturated rings. The van der Waals surface area contributed by atoms with E-state index in [9.17, 15) is 9.59 Å². The number of rotatable bonds is 2. The minimum absolute atomic E-state index is 0.00714. The first kappa shape index (κ1) is 14.9. The summed E-state index contributed by atoms with van der Waals surface area (Å²) in [7, 11) is 0. The van der Waals surface area contributed by atoms with Crippen molar-refractivity contribution in [2.75, 3.05) is 13.1 Å². The van der Waals surface area contributed by atoms with Gasteiger partial charge in [0.2, 0.25) is 11.5 Å². The van der Waals surface area contributed by atoms with Crippen molar-refractivity contribution in [3.8, 4) is 0 Å². The van der Waals surface area contributed by atoms with Crippen LogP contribution in [0.4, 0.5) is 0 Å². The number of benzene rings is 1. The summed E-state index contributed by atoms with van der Waals surface area (Å²) in [6.07, 6.45) is 3.47. The van der Waals surface area contributed by atoms with Gasteiger partial charge in [-0.2, -0.15) is 0 Å². The molecule has 124 valence electrons.